The molecule has 2 aromatic rings. The molecule has 7 heteroatoms. The molecular weight excluding hydrogens is 341 g/mol. The van der Waals surface area contributed by atoms with Crippen molar-refractivity contribution in [2.75, 3.05) is 11.9 Å². The fourth-order valence-corrected chi connectivity index (χ4v) is 2.45. The van der Waals surface area contributed by atoms with Gasteiger partial charge < -0.3 is 10.6 Å². The first-order valence-electron chi connectivity index (χ1n) is 7.32. The van der Waals surface area contributed by atoms with Crippen LogP contribution in [0.4, 0.5) is 18.9 Å². The van der Waals surface area contributed by atoms with Crippen molar-refractivity contribution in [3.8, 4) is 0 Å². The van der Waals surface area contributed by atoms with Gasteiger partial charge in [-0.1, -0.05) is 35.9 Å². The van der Waals surface area contributed by atoms with Crippen LogP contribution < -0.4 is 10.6 Å². The van der Waals surface area contributed by atoms with Crippen LogP contribution in [-0.2, 0) is 11.0 Å². The molecule has 0 saturated carbocycles. The molecule has 0 aromatic heterocycles. The molecule has 0 aliphatic carbocycles. The molecule has 0 saturated heterocycles. The minimum Gasteiger partial charge on any atom is -0.333 e. The van der Waals surface area contributed by atoms with E-state index in [0.717, 1.165) is 11.6 Å². The summed E-state index contributed by atoms with van der Waals surface area (Å²) in [6.07, 6.45) is -4.51. The summed E-state index contributed by atoms with van der Waals surface area (Å²) in [4.78, 5) is 12.0. The smallest absolute Gasteiger partial charge is 0.333 e. The Balaban J connectivity index is 1.97. The highest BCUT2D eigenvalue weighted by Crippen LogP contribution is 2.34. The third-order valence-corrected chi connectivity index (χ3v) is 3.77. The number of nitrogens with one attached hydrogen (secondary N) is 1. The van der Waals surface area contributed by atoms with E-state index < -0.39 is 17.6 Å². The number of quaternary nitrogens is 1. The highest BCUT2D eigenvalue weighted by atomic mass is 35.5. The van der Waals surface area contributed by atoms with Crippen LogP contribution in [0, 0.1) is 0 Å². The average molecular weight is 358 g/mol. The van der Waals surface area contributed by atoms with Crippen molar-refractivity contribution in [1.29, 1.82) is 0 Å². The van der Waals surface area contributed by atoms with Crippen molar-refractivity contribution in [3.05, 3.63) is 64.7 Å². The second-order valence-electron chi connectivity index (χ2n) is 5.38. The summed E-state index contributed by atoms with van der Waals surface area (Å²) in [5, 5.41) is 4.65. The van der Waals surface area contributed by atoms with Crippen molar-refractivity contribution in [3.63, 3.8) is 0 Å². The van der Waals surface area contributed by atoms with E-state index in [-0.39, 0.29) is 18.3 Å². The van der Waals surface area contributed by atoms with Crippen molar-refractivity contribution in [2.45, 2.75) is 19.1 Å². The Labute approximate surface area is 142 Å². The number of hydrogen-bond acceptors (Lipinski definition) is 1. The van der Waals surface area contributed by atoms with Crippen LogP contribution in [0.15, 0.2) is 48.5 Å². The van der Waals surface area contributed by atoms with Gasteiger partial charge in [0, 0.05) is 10.6 Å². The second kappa shape index (κ2) is 7.68. The Morgan fingerprint density at radius 1 is 1.21 bits per heavy atom. The van der Waals surface area contributed by atoms with Gasteiger partial charge in [-0.3, -0.25) is 4.79 Å². The summed E-state index contributed by atoms with van der Waals surface area (Å²) in [6.45, 7) is 1.89. The number of benzene rings is 2. The number of carbonyl (C=O) groups excluding carboxylic acids is 1. The highest BCUT2D eigenvalue weighted by molar-refractivity contribution is 6.30. The molecule has 0 heterocycles. The zero-order valence-electron chi connectivity index (χ0n) is 12.9. The van der Waals surface area contributed by atoms with Gasteiger partial charge in [0.25, 0.3) is 5.91 Å². The van der Waals surface area contributed by atoms with Gasteiger partial charge in [-0.15, -0.1) is 0 Å². The number of para-hydroxylation sites is 1. The van der Waals surface area contributed by atoms with Crippen molar-refractivity contribution < 1.29 is 23.3 Å². The summed E-state index contributed by atoms with van der Waals surface area (Å²) in [5.41, 5.74) is -0.161. The summed E-state index contributed by atoms with van der Waals surface area (Å²) in [5.74, 6) is -0.499. The van der Waals surface area contributed by atoms with Gasteiger partial charge >= 0.3 is 6.18 Å². The number of hydrogen-bond donors (Lipinski definition) is 2. The standard InChI is InChI=1S/C17H16ClF3N2O/c1-11(12-5-4-6-13(18)9-12)22-10-16(24)23-15-8-3-2-7-14(15)17(19,20)21/h2-9,11,22H,10H2,1H3,(H,23,24)/p+1/t11-/m0/s1. The molecule has 0 radical (unpaired) electrons. The largest absolute Gasteiger partial charge is 0.418 e. The first-order valence-corrected chi connectivity index (χ1v) is 7.70. The van der Waals surface area contributed by atoms with Crippen LogP contribution >= 0.6 is 11.6 Å². The fraction of sp³-hybridized carbons (Fsp3) is 0.235. The number of rotatable bonds is 5. The van der Waals surface area contributed by atoms with E-state index in [0.29, 0.717) is 5.02 Å². The van der Waals surface area contributed by atoms with Crippen LogP contribution in [0.25, 0.3) is 0 Å². The third-order valence-electron chi connectivity index (χ3n) is 3.54. The van der Waals surface area contributed by atoms with Crippen LogP contribution in [0.1, 0.15) is 24.1 Å². The molecule has 24 heavy (non-hydrogen) atoms. The molecule has 1 atom stereocenters. The van der Waals surface area contributed by atoms with Gasteiger partial charge in [0.05, 0.1) is 11.3 Å². The molecule has 3 N–H and O–H groups in total. The number of carbonyl (C=O) groups is 1. The number of alkyl halides is 3. The van der Waals surface area contributed by atoms with Crippen LogP contribution in [-0.4, -0.2) is 12.5 Å². The Morgan fingerprint density at radius 2 is 1.92 bits per heavy atom. The lowest BCUT2D eigenvalue weighted by atomic mass is 10.1. The molecule has 0 bridgehead atoms. The first kappa shape index (κ1) is 18.3. The van der Waals surface area contributed by atoms with Gasteiger partial charge in [-0.25, -0.2) is 0 Å². The lowest BCUT2D eigenvalue weighted by molar-refractivity contribution is -0.682. The molecule has 1 amide bonds. The number of nitrogens with two attached hydrogens (primary N) is 1. The Kier molecular flexibility index (Phi) is 5.85. The maximum atomic E-state index is 12.9. The van der Waals surface area contributed by atoms with Gasteiger partial charge in [0.1, 0.15) is 6.04 Å². The van der Waals surface area contributed by atoms with Gasteiger partial charge in [0.2, 0.25) is 0 Å². The molecule has 0 fully saturated rings. The Morgan fingerprint density at radius 3 is 2.58 bits per heavy atom. The van der Waals surface area contributed by atoms with Gasteiger partial charge in [0.15, 0.2) is 6.54 Å². The molecule has 0 aliphatic heterocycles. The number of halogens is 4. The van der Waals surface area contributed by atoms with Crippen molar-refractivity contribution >= 4 is 23.2 Å². The van der Waals surface area contributed by atoms with E-state index in [1.807, 2.05) is 19.1 Å². The zero-order chi connectivity index (χ0) is 17.7. The summed E-state index contributed by atoms with van der Waals surface area (Å²) < 4.78 is 38.7. The number of amides is 1. The zero-order valence-corrected chi connectivity index (χ0v) is 13.7. The van der Waals surface area contributed by atoms with E-state index in [4.69, 9.17) is 11.6 Å². The first-order chi connectivity index (χ1) is 11.3. The Bertz CT molecular complexity index is 719. The van der Waals surface area contributed by atoms with Crippen molar-refractivity contribution in [1.82, 2.24) is 0 Å². The summed E-state index contributed by atoms with van der Waals surface area (Å²) in [6, 6.07) is 12.1. The van der Waals surface area contributed by atoms with E-state index in [9.17, 15) is 18.0 Å². The van der Waals surface area contributed by atoms with E-state index in [1.165, 1.54) is 18.2 Å². The fourth-order valence-electron chi connectivity index (χ4n) is 2.25. The molecule has 2 rings (SSSR count). The predicted molar refractivity (Wildman–Crippen MR) is 86.7 cm³/mol. The van der Waals surface area contributed by atoms with E-state index in [1.54, 1.807) is 17.4 Å². The maximum Gasteiger partial charge on any atom is 0.418 e. The summed E-state index contributed by atoms with van der Waals surface area (Å²) >= 11 is 5.92. The lowest BCUT2D eigenvalue weighted by Gasteiger charge is -2.14. The maximum absolute atomic E-state index is 12.9. The number of anilines is 1. The lowest BCUT2D eigenvalue weighted by Crippen LogP contribution is -2.86. The molecule has 128 valence electrons. The van der Waals surface area contributed by atoms with Gasteiger partial charge in [-0.2, -0.15) is 13.2 Å². The van der Waals surface area contributed by atoms with Crippen molar-refractivity contribution in [2.24, 2.45) is 0 Å². The SMILES string of the molecule is C[C@H]([NH2+]CC(=O)Nc1ccccc1C(F)(F)F)c1cccc(Cl)c1. The third kappa shape index (κ3) is 4.97. The van der Waals surface area contributed by atoms with Gasteiger partial charge in [-0.05, 0) is 31.2 Å². The topological polar surface area (TPSA) is 45.7 Å². The van der Waals surface area contributed by atoms with Crippen LogP contribution in [0.5, 0.6) is 0 Å². The average Bonchev–Trinajstić information content (AvgIpc) is 2.52. The molecule has 2 aromatic carbocycles. The van der Waals surface area contributed by atoms with E-state index in [2.05, 4.69) is 5.32 Å². The highest BCUT2D eigenvalue weighted by Gasteiger charge is 2.33. The minimum atomic E-state index is -4.51. The second-order valence-corrected chi connectivity index (χ2v) is 5.81. The molecule has 3 nitrogen and oxygen atoms in total. The molecule has 0 unspecified atom stereocenters. The van der Waals surface area contributed by atoms with Crippen LogP contribution in [0.3, 0.4) is 0 Å². The van der Waals surface area contributed by atoms with Crippen LogP contribution in [0.2, 0.25) is 5.02 Å². The normalized spacial score (nSPS) is 12.7. The quantitative estimate of drug-likeness (QED) is 0.843. The molecular formula is C17H17ClF3N2O+. The monoisotopic (exact) mass is 357 g/mol. The Hall–Kier alpha value is -2.05. The van der Waals surface area contributed by atoms with E-state index >= 15 is 0 Å². The minimum absolute atomic E-state index is 0.000128. The molecule has 0 aliphatic rings. The predicted octanol–water partition coefficient (Wildman–Crippen LogP) is 3.62. The summed E-state index contributed by atoms with van der Waals surface area (Å²) in [7, 11) is 0. The molecule has 0 spiro atoms.